The monoisotopic (exact) mass is 271 g/mol. The fourth-order valence-corrected chi connectivity index (χ4v) is 2.30. The van der Waals surface area contributed by atoms with Gasteiger partial charge in [-0.3, -0.25) is 0 Å². The van der Waals surface area contributed by atoms with Gasteiger partial charge in [0.1, 0.15) is 11.6 Å². The third kappa shape index (κ3) is 2.99. The summed E-state index contributed by atoms with van der Waals surface area (Å²) in [5.41, 5.74) is 3.34. The molecule has 3 rings (SSSR count). The Morgan fingerprint density at radius 3 is 2.55 bits per heavy atom. The first kappa shape index (κ1) is 13.1. The van der Waals surface area contributed by atoms with Crippen LogP contribution in [0.1, 0.15) is 18.4 Å². The minimum atomic E-state index is -0.208. The molecule has 2 aromatic rings. The molecule has 0 amide bonds. The number of halogens is 1. The molecular weight excluding hydrogens is 253 g/mol. The molecule has 0 saturated heterocycles. The molecule has 0 bridgehead atoms. The molecule has 1 saturated carbocycles. The molecule has 1 aliphatic carbocycles. The van der Waals surface area contributed by atoms with Crippen LogP contribution in [0.4, 0.5) is 4.39 Å². The van der Waals surface area contributed by atoms with Crippen molar-refractivity contribution in [2.24, 2.45) is 0 Å². The maximum absolute atomic E-state index is 13.1. The zero-order valence-corrected chi connectivity index (χ0v) is 11.5. The summed E-state index contributed by atoms with van der Waals surface area (Å²) in [6.45, 7) is 0.814. The van der Waals surface area contributed by atoms with E-state index in [9.17, 15) is 4.39 Å². The minimum absolute atomic E-state index is 0.208. The largest absolute Gasteiger partial charge is 0.497 e. The van der Waals surface area contributed by atoms with Gasteiger partial charge in [-0.05, 0) is 53.8 Å². The van der Waals surface area contributed by atoms with Crippen LogP contribution in [0.3, 0.4) is 0 Å². The van der Waals surface area contributed by atoms with E-state index in [1.165, 1.54) is 30.5 Å². The van der Waals surface area contributed by atoms with E-state index in [2.05, 4.69) is 5.32 Å². The number of benzene rings is 2. The number of methoxy groups -OCH3 is 1. The molecule has 0 heterocycles. The minimum Gasteiger partial charge on any atom is -0.497 e. The Bertz CT molecular complexity index is 590. The van der Waals surface area contributed by atoms with Gasteiger partial charge in [0, 0.05) is 12.6 Å². The second kappa shape index (κ2) is 5.63. The van der Waals surface area contributed by atoms with E-state index in [-0.39, 0.29) is 5.82 Å². The maximum Gasteiger partial charge on any atom is 0.123 e. The number of rotatable bonds is 5. The average molecular weight is 271 g/mol. The summed E-state index contributed by atoms with van der Waals surface area (Å²) >= 11 is 0. The molecule has 3 heteroatoms. The van der Waals surface area contributed by atoms with Gasteiger partial charge in [0.15, 0.2) is 0 Å². The molecule has 2 nitrogen and oxygen atoms in total. The van der Waals surface area contributed by atoms with Crippen molar-refractivity contribution in [3.8, 4) is 16.9 Å². The Balaban J connectivity index is 1.92. The van der Waals surface area contributed by atoms with E-state index >= 15 is 0 Å². The van der Waals surface area contributed by atoms with Crippen molar-refractivity contribution >= 4 is 0 Å². The zero-order valence-electron chi connectivity index (χ0n) is 11.5. The predicted molar refractivity (Wildman–Crippen MR) is 78.2 cm³/mol. The number of hydrogen-bond acceptors (Lipinski definition) is 2. The van der Waals surface area contributed by atoms with Crippen molar-refractivity contribution in [2.45, 2.75) is 25.4 Å². The van der Waals surface area contributed by atoms with E-state index in [0.29, 0.717) is 6.04 Å². The van der Waals surface area contributed by atoms with E-state index in [4.69, 9.17) is 4.74 Å². The van der Waals surface area contributed by atoms with Crippen LogP contribution in [0.25, 0.3) is 11.1 Å². The van der Waals surface area contributed by atoms with Gasteiger partial charge in [0.25, 0.3) is 0 Å². The Labute approximate surface area is 118 Å². The highest BCUT2D eigenvalue weighted by molar-refractivity contribution is 5.68. The molecule has 1 fully saturated rings. The van der Waals surface area contributed by atoms with E-state index in [0.717, 1.165) is 23.4 Å². The summed E-state index contributed by atoms with van der Waals surface area (Å²) in [4.78, 5) is 0. The predicted octanol–water partition coefficient (Wildman–Crippen LogP) is 3.75. The SMILES string of the molecule is COc1ccc(-c2ccc(F)cc2)c(CNC2CC2)c1. The Kier molecular flexibility index (Phi) is 3.70. The van der Waals surface area contributed by atoms with Crippen molar-refractivity contribution in [3.63, 3.8) is 0 Å². The van der Waals surface area contributed by atoms with Crippen LogP contribution in [0.15, 0.2) is 42.5 Å². The lowest BCUT2D eigenvalue weighted by Crippen LogP contribution is -2.16. The van der Waals surface area contributed by atoms with Crippen molar-refractivity contribution in [1.29, 1.82) is 0 Å². The number of hydrogen-bond donors (Lipinski definition) is 1. The quantitative estimate of drug-likeness (QED) is 0.894. The topological polar surface area (TPSA) is 21.3 Å². The standard InChI is InChI=1S/C17H18FNO/c1-20-16-8-9-17(12-2-4-14(18)5-3-12)13(10-16)11-19-15-6-7-15/h2-5,8-10,15,19H,6-7,11H2,1H3. The highest BCUT2D eigenvalue weighted by Gasteiger charge is 2.20. The highest BCUT2D eigenvalue weighted by atomic mass is 19.1. The maximum atomic E-state index is 13.1. The molecule has 0 atom stereocenters. The molecule has 2 aromatic carbocycles. The van der Waals surface area contributed by atoms with Gasteiger partial charge in [-0.2, -0.15) is 0 Å². The van der Waals surface area contributed by atoms with Crippen LogP contribution in [-0.2, 0) is 6.54 Å². The number of nitrogens with one attached hydrogen (secondary N) is 1. The van der Waals surface area contributed by atoms with Crippen LogP contribution in [-0.4, -0.2) is 13.2 Å². The second-order valence-electron chi connectivity index (χ2n) is 5.19. The number of ether oxygens (including phenoxy) is 1. The van der Waals surface area contributed by atoms with Crippen LogP contribution >= 0.6 is 0 Å². The molecular formula is C17H18FNO. The second-order valence-corrected chi connectivity index (χ2v) is 5.19. The van der Waals surface area contributed by atoms with Gasteiger partial charge in [0.2, 0.25) is 0 Å². The summed E-state index contributed by atoms with van der Waals surface area (Å²) < 4.78 is 18.4. The molecule has 0 spiro atoms. The molecule has 1 aliphatic rings. The fraction of sp³-hybridized carbons (Fsp3) is 0.294. The molecule has 20 heavy (non-hydrogen) atoms. The molecule has 104 valence electrons. The third-order valence-electron chi connectivity index (χ3n) is 3.63. The van der Waals surface area contributed by atoms with Crippen LogP contribution < -0.4 is 10.1 Å². The lowest BCUT2D eigenvalue weighted by Gasteiger charge is -2.12. The first-order chi connectivity index (χ1) is 9.76. The van der Waals surface area contributed by atoms with Gasteiger partial charge in [-0.15, -0.1) is 0 Å². The first-order valence-corrected chi connectivity index (χ1v) is 6.92. The molecule has 0 aliphatic heterocycles. The third-order valence-corrected chi connectivity index (χ3v) is 3.63. The van der Waals surface area contributed by atoms with Crippen molar-refractivity contribution in [1.82, 2.24) is 5.32 Å². The summed E-state index contributed by atoms with van der Waals surface area (Å²) in [6.07, 6.45) is 2.52. The summed E-state index contributed by atoms with van der Waals surface area (Å²) in [5, 5.41) is 3.52. The molecule has 0 radical (unpaired) electrons. The zero-order chi connectivity index (χ0) is 13.9. The van der Waals surface area contributed by atoms with Gasteiger partial charge in [-0.25, -0.2) is 4.39 Å². The highest BCUT2D eigenvalue weighted by Crippen LogP contribution is 2.29. The van der Waals surface area contributed by atoms with Gasteiger partial charge < -0.3 is 10.1 Å². The van der Waals surface area contributed by atoms with Gasteiger partial charge in [0.05, 0.1) is 7.11 Å². The lowest BCUT2D eigenvalue weighted by molar-refractivity contribution is 0.414. The smallest absolute Gasteiger partial charge is 0.123 e. The van der Waals surface area contributed by atoms with Crippen LogP contribution in [0, 0.1) is 5.82 Å². The van der Waals surface area contributed by atoms with E-state index < -0.39 is 0 Å². The van der Waals surface area contributed by atoms with Gasteiger partial charge in [-0.1, -0.05) is 18.2 Å². The summed E-state index contributed by atoms with van der Waals surface area (Å²) in [5.74, 6) is 0.642. The molecule has 1 N–H and O–H groups in total. The molecule has 0 aromatic heterocycles. The van der Waals surface area contributed by atoms with Crippen molar-refractivity contribution in [2.75, 3.05) is 7.11 Å². The summed E-state index contributed by atoms with van der Waals surface area (Å²) in [6, 6.07) is 13.3. The summed E-state index contributed by atoms with van der Waals surface area (Å²) in [7, 11) is 1.67. The van der Waals surface area contributed by atoms with Crippen molar-refractivity contribution < 1.29 is 9.13 Å². The average Bonchev–Trinajstić information content (AvgIpc) is 3.30. The normalized spacial score (nSPS) is 14.3. The van der Waals surface area contributed by atoms with Crippen molar-refractivity contribution in [3.05, 3.63) is 53.8 Å². The van der Waals surface area contributed by atoms with E-state index in [1.54, 1.807) is 7.11 Å². The Morgan fingerprint density at radius 2 is 1.90 bits per heavy atom. The first-order valence-electron chi connectivity index (χ1n) is 6.92. The fourth-order valence-electron chi connectivity index (χ4n) is 2.30. The van der Waals surface area contributed by atoms with Crippen LogP contribution in [0.2, 0.25) is 0 Å². The van der Waals surface area contributed by atoms with E-state index in [1.807, 2.05) is 30.3 Å². The van der Waals surface area contributed by atoms with Gasteiger partial charge >= 0.3 is 0 Å². The molecule has 0 unspecified atom stereocenters. The lowest BCUT2D eigenvalue weighted by atomic mass is 9.99. The van der Waals surface area contributed by atoms with Crippen LogP contribution in [0.5, 0.6) is 5.75 Å². The Hall–Kier alpha value is -1.87. The Morgan fingerprint density at radius 1 is 1.15 bits per heavy atom.